The highest BCUT2D eigenvalue weighted by Gasteiger charge is 2.46. The number of phosphoric acid groups is 1. The molecule has 0 saturated carbocycles. The second kappa shape index (κ2) is 24.1. The first kappa shape index (κ1) is 58.4. The second-order valence-corrected chi connectivity index (χ2v) is 23.3. The van der Waals surface area contributed by atoms with Gasteiger partial charge in [0.2, 0.25) is 0 Å². The average molecular weight is 1170 g/mol. The van der Waals surface area contributed by atoms with E-state index in [1.165, 1.54) is 53.6 Å². The maximum Gasteiger partial charge on any atom is 0.330 e. The molecule has 4 N–H and O–H groups in total. The molecular formula is C51H56N6O20P2S-2. The van der Waals surface area contributed by atoms with Crippen molar-refractivity contribution in [3.05, 3.63) is 193 Å². The van der Waals surface area contributed by atoms with Crippen molar-refractivity contribution in [3.63, 3.8) is 0 Å². The molecule has 3 saturated heterocycles. The summed E-state index contributed by atoms with van der Waals surface area (Å²) < 4.78 is 76.3. The lowest BCUT2D eigenvalue weighted by Crippen LogP contribution is -2.39. The topological polar surface area (TPSA) is 340 Å². The number of H-pyrrole nitrogens is 3. The molecule has 3 aromatic heterocycles. The number of rotatable bonds is 21. The van der Waals surface area contributed by atoms with E-state index in [9.17, 15) is 48.2 Å². The van der Waals surface area contributed by atoms with Gasteiger partial charge in [-0.3, -0.25) is 47.6 Å². The van der Waals surface area contributed by atoms with Crippen molar-refractivity contribution >= 4 is 26.3 Å². The van der Waals surface area contributed by atoms with Crippen molar-refractivity contribution in [1.82, 2.24) is 28.7 Å². The SMILES string of the molecule is COc1ccc(C(OCC2OC(n3cc(C)c(=O)[nH]c3=O)CC2OP(=O)([O-])OCC2OC(n3cc(C)c(=O)[nH]c3=O)CC2OP([O-])(=S)OCC2OC(n3cc(C)c(=O)[nH]c3=O)CC2O)(c2ccccc2)c2ccc(OC)cc2)cc1. The molecule has 26 nitrogen and oxygen atoms in total. The number of phosphoric ester groups is 1. The summed E-state index contributed by atoms with van der Waals surface area (Å²) in [4.78, 5) is 110. The summed E-state index contributed by atoms with van der Waals surface area (Å²) in [6.07, 6.45) is -8.73. The van der Waals surface area contributed by atoms with E-state index in [-0.39, 0.29) is 36.0 Å². The summed E-state index contributed by atoms with van der Waals surface area (Å²) >= 11 is 5.25. The first-order valence-corrected chi connectivity index (χ1v) is 29.0. The van der Waals surface area contributed by atoms with Crippen LogP contribution in [0.25, 0.3) is 0 Å². The van der Waals surface area contributed by atoms with E-state index in [1.54, 1.807) is 24.3 Å². The van der Waals surface area contributed by atoms with Crippen molar-refractivity contribution in [2.45, 2.75) is 101 Å². The van der Waals surface area contributed by atoms with E-state index < -0.39 is 129 Å². The van der Waals surface area contributed by atoms with Crippen molar-refractivity contribution in [2.75, 3.05) is 34.0 Å². The zero-order valence-electron chi connectivity index (χ0n) is 43.5. The predicted molar refractivity (Wildman–Crippen MR) is 282 cm³/mol. The van der Waals surface area contributed by atoms with Crippen molar-refractivity contribution in [3.8, 4) is 11.5 Å². The van der Waals surface area contributed by atoms with Crippen LogP contribution in [0.2, 0.25) is 0 Å². The number of methoxy groups -OCH3 is 2. The maximum atomic E-state index is 14.2. The monoisotopic (exact) mass is 1170 g/mol. The Kier molecular flexibility index (Phi) is 17.6. The van der Waals surface area contributed by atoms with Gasteiger partial charge in [-0.15, -0.1) is 0 Å². The molecule has 80 heavy (non-hydrogen) atoms. The molecule has 6 heterocycles. The molecule has 0 aliphatic carbocycles. The third kappa shape index (κ3) is 12.8. The van der Waals surface area contributed by atoms with Gasteiger partial charge in [0.25, 0.3) is 24.5 Å². The lowest BCUT2D eigenvalue weighted by molar-refractivity contribution is -0.235. The highest BCUT2D eigenvalue weighted by Crippen LogP contribution is 2.50. The molecule has 3 aliphatic heterocycles. The second-order valence-electron chi connectivity index (χ2n) is 19.2. The number of aryl methyl sites for hydroxylation is 3. The minimum Gasteiger partial charge on any atom is -0.780 e. The van der Waals surface area contributed by atoms with Crippen LogP contribution in [0.3, 0.4) is 0 Å². The molecule has 3 aliphatic rings. The van der Waals surface area contributed by atoms with E-state index in [1.807, 2.05) is 54.6 Å². The molecule has 428 valence electrons. The van der Waals surface area contributed by atoms with E-state index >= 15 is 0 Å². The van der Waals surface area contributed by atoms with Crippen LogP contribution in [0.4, 0.5) is 0 Å². The number of aromatic nitrogens is 6. The number of hydrogen-bond acceptors (Lipinski definition) is 21. The van der Waals surface area contributed by atoms with Crippen LogP contribution < -0.4 is 53.0 Å². The third-order valence-electron chi connectivity index (χ3n) is 13.9. The largest absolute Gasteiger partial charge is 0.780 e. The van der Waals surface area contributed by atoms with E-state index in [2.05, 4.69) is 15.0 Å². The number of ether oxygens (including phenoxy) is 6. The molecule has 9 rings (SSSR count). The fraction of sp³-hybridized carbons (Fsp3) is 0.412. The Balaban J connectivity index is 0.973. The van der Waals surface area contributed by atoms with Gasteiger partial charge in [0.15, 0.2) is 0 Å². The lowest BCUT2D eigenvalue weighted by atomic mass is 9.80. The zero-order valence-corrected chi connectivity index (χ0v) is 46.1. The average Bonchev–Trinajstić information content (AvgIpc) is 4.18. The van der Waals surface area contributed by atoms with Gasteiger partial charge in [0, 0.05) is 54.5 Å². The highest BCUT2D eigenvalue weighted by atomic mass is 32.5. The van der Waals surface area contributed by atoms with Gasteiger partial charge in [-0.1, -0.05) is 66.4 Å². The Morgan fingerprint density at radius 3 is 1.45 bits per heavy atom. The van der Waals surface area contributed by atoms with Gasteiger partial charge in [0.1, 0.15) is 60.8 Å². The highest BCUT2D eigenvalue weighted by molar-refractivity contribution is 8.06. The number of nitrogens with one attached hydrogen (secondary N) is 3. The van der Waals surface area contributed by atoms with Crippen LogP contribution in [0.15, 0.2) is 126 Å². The standard InChI is InChI=1S/C51H58N6O20P2S/c1-28-22-55(48(62)52-45(28)59)42-19-36(58)39(73-42)26-72-79(67,80)77-38-21-44(57-24-30(3)47(61)54-50(57)64)75-41(38)27-71-78(65,66)76-37-20-43(56-23-29(2)46(60)53-49(56)63)74-40(37)25-70-51(31-9-7-6-8-10-31,32-11-15-34(68-4)16-12-32)33-13-17-35(69-5)18-14-33/h6-18,22-24,36-44,58H,19-21,25-27H2,1-5H3,(H,65,66)(H,67,80)(H,52,59,62)(H,53,60,63)(H,54,61,64)/p-2. The van der Waals surface area contributed by atoms with Gasteiger partial charge in [-0.05, 0) is 61.7 Å². The first-order chi connectivity index (χ1) is 38.1. The summed E-state index contributed by atoms with van der Waals surface area (Å²) in [7, 11) is -2.47. The summed E-state index contributed by atoms with van der Waals surface area (Å²) in [5.41, 5.74) is -3.56. The van der Waals surface area contributed by atoms with Gasteiger partial charge in [-0.2, -0.15) is 0 Å². The first-order valence-electron chi connectivity index (χ1n) is 24.9. The van der Waals surface area contributed by atoms with Crippen LogP contribution >= 0.6 is 14.5 Å². The van der Waals surface area contributed by atoms with Crippen LogP contribution in [-0.4, -0.2) is 104 Å². The number of nitrogens with zero attached hydrogens (tertiary/aromatic N) is 3. The Morgan fingerprint density at radius 1 is 0.588 bits per heavy atom. The third-order valence-corrected chi connectivity index (χ3v) is 16.5. The molecule has 0 bridgehead atoms. The normalized spacial score (nSPS) is 24.6. The zero-order chi connectivity index (χ0) is 57.3. The molecule has 0 spiro atoms. The van der Waals surface area contributed by atoms with E-state index in [0.29, 0.717) is 28.2 Å². The van der Waals surface area contributed by atoms with Crippen LogP contribution in [0.5, 0.6) is 11.5 Å². The quantitative estimate of drug-likeness (QED) is 0.0588. The number of aliphatic hydroxyl groups excluding tert-OH is 1. The molecule has 11 atom stereocenters. The van der Waals surface area contributed by atoms with Gasteiger partial charge in [-0.25, -0.2) is 14.4 Å². The number of aliphatic hydroxyl groups is 1. The van der Waals surface area contributed by atoms with Crippen LogP contribution in [0, 0.1) is 20.8 Å². The summed E-state index contributed by atoms with van der Waals surface area (Å²) in [5, 5.41) is 10.8. The molecule has 0 radical (unpaired) electrons. The summed E-state index contributed by atoms with van der Waals surface area (Å²) in [5.74, 6) is 1.12. The molecule has 0 amide bonds. The fourth-order valence-electron chi connectivity index (χ4n) is 9.70. The van der Waals surface area contributed by atoms with E-state index in [0.717, 1.165) is 13.7 Å². The van der Waals surface area contributed by atoms with Gasteiger partial charge >= 0.3 is 17.1 Å². The van der Waals surface area contributed by atoms with Crippen LogP contribution in [0.1, 0.15) is 71.3 Å². The Hall–Kier alpha value is -6.26. The van der Waals surface area contributed by atoms with Crippen molar-refractivity contribution in [2.24, 2.45) is 0 Å². The van der Waals surface area contributed by atoms with E-state index in [4.69, 9.17) is 58.3 Å². The molecular weight excluding hydrogens is 1110 g/mol. The smallest absolute Gasteiger partial charge is 0.330 e. The predicted octanol–water partition coefficient (Wildman–Crippen LogP) is 1.67. The molecule has 6 aromatic rings. The lowest BCUT2D eigenvalue weighted by Gasteiger charge is -2.37. The maximum absolute atomic E-state index is 14.2. The van der Waals surface area contributed by atoms with Gasteiger partial charge < -0.3 is 61.4 Å². The van der Waals surface area contributed by atoms with Crippen molar-refractivity contribution < 1.29 is 66.0 Å². The van der Waals surface area contributed by atoms with Crippen LogP contribution in [-0.2, 0) is 59.0 Å². The number of hydrogen-bond donors (Lipinski definition) is 4. The Labute approximate surface area is 459 Å². The fourth-order valence-corrected chi connectivity index (χ4v) is 12.1. The Bertz CT molecular complexity index is 3620. The van der Waals surface area contributed by atoms with Gasteiger partial charge in [0.05, 0.1) is 52.4 Å². The summed E-state index contributed by atoms with van der Waals surface area (Å²) in [6, 6.07) is 23.5. The summed E-state index contributed by atoms with van der Waals surface area (Å²) in [6.45, 7) is -2.19. The molecule has 3 fully saturated rings. The number of aromatic amines is 3. The molecule has 29 heteroatoms. The number of benzene rings is 3. The van der Waals surface area contributed by atoms with Crippen molar-refractivity contribution in [1.29, 1.82) is 0 Å². The Morgan fingerprint density at radius 2 is 0.988 bits per heavy atom. The molecule has 3 aromatic carbocycles. The minimum absolute atomic E-state index is 0.108. The molecule has 11 unspecified atom stereocenters. The minimum atomic E-state index is -5.53.